The number of halogens is 1. The Balaban J connectivity index is 1.77. The maximum atomic E-state index is 14.5. The average molecular weight is 460 g/mol. The van der Waals surface area contributed by atoms with Crippen molar-refractivity contribution in [2.24, 2.45) is 0 Å². The lowest BCUT2D eigenvalue weighted by Crippen LogP contribution is -2.06. The number of carbonyl (C=O) groups excluding carboxylic acids is 1. The number of ketones is 1. The van der Waals surface area contributed by atoms with Crippen LogP contribution in [-0.2, 0) is 6.61 Å². The summed E-state index contributed by atoms with van der Waals surface area (Å²) in [6.45, 7) is 2.11. The minimum absolute atomic E-state index is 0.0107. The average Bonchev–Trinajstić information content (AvgIpc) is 2.82. The van der Waals surface area contributed by atoms with E-state index in [0.29, 0.717) is 34.2 Å². The van der Waals surface area contributed by atoms with Gasteiger partial charge in [0, 0.05) is 11.1 Å². The van der Waals surface area contributed by atoms with Gasteiger partial charge in [-0.15, -0.1) is 11.8 Å². The number of aryl methyl sites for hydroxylation is 1. The second kappa shape index (κ2) is 9.83. The number of carbonyl (C=O) groups is 1. The molecule has 0 aliphatic carbocycles. The highest BCUT2D eigenvalue weighted by molar-refractivity contribution is 7.98. The van der Waals surface area contributed by atoms with Crippen LogP contribution >= 0.6 is 11.8 Å². The maximum absolute atomic E-state index is 14.5. The fourth-order valence-corrected chi connectivity index (χ4v) is 3.79. The smallest absolute Gasteiger partial charge is 0.221 e. The third-order valence-corrected chi connectivity index (χ3v) is 5.68. The molecule has 0 radical (unpaired) electrons. The molecule has 3 aromatic carbocycles. The van der Waals surface area contributed by atoms with Crippen molar-refractivity contribution >= 4 is 23.5 Å². The molecule has 2 N–H and O–H groups in total. The fraction of sp³-hybridized carbons (Fsp3) is 0.115. The Morgan fingerprint density at radius 2 is 1.82 bits per heavy atom. The van der Waals surface area contributed by atoms with Crippen LogP contribution in [0, 0.1) is 12.7 Å². The number of hydrogen-bond acceptors (Lipinski definition) is 6. The van der Waals surface area contributed by atoms with Crippen LogP contribution in [0.25, 0.3) is 11.3 Å². The van der Waals surface area contributed by atoms with Crippen molar-refractivity contribution in [1.82, 2.24) is 9.97 Å². The lowest BCUT2D eigenvalue weighted by atomic mass is 9.98. The van der Waals surface area contributed by atoms with Crippen molar-refractivity contribution in [3.05, 3.63) is 101 Å². The van der Waals surface area contributed by atoms with Crippen LogP contribution in [0.3, 0.4) is 0 Å². The summed E-state index contributed by atoms with van der Waals surface area (Å²) in [5, 5.41) is 0.688. The molecule has 0 fully saturated rings. The van der Waals surface area contributed by atoms with E-state index >= 15 is 0 Å². The number of rotatable bonds is 7. The lowest BCUT2D eigenvalue weighted by Gasteiger charge is -2.14. The lowest BCUT2D eigenvalue weighted by molar-refractivity contribution is 0.103. The zero-order valence-corrected chi connectivity index (χ0v) is 19.0. The standard InChI is InChI=1S/C26H22FN3O2S/c1-16-8-10-19(21(27)12-16)25(31)18-9-11-23(32-15-17-6-4-3-5-7-17)20(13-18)22-14-24(33-2)30-26(28)29-22/h3-14H,15H2,1-2H3,(H2,28,29,30). The number of nitrogens with zero attached hydrogens (tertiary/aromatic N) is 2. The molecule has 0 atom stereocenters. The van der Waals surface area contributed by atoms with Crippen molar-refractivity contribution in [3.8, 4) is 17.0 Å². The number of ether oxygens (including phenoxy) is 1. The highest BCUT2D eigenvalue weighted by atomic mass is 32.2. The van der Waals surface area contributed by atoms with Gasteiger partial charge in [-0.25, -0.2) is 14.4 Å². The second-order valence-corrected chi connectivity index (χ2v) is 8.28. The summed E-state index contributed by atoms with van der Waals surface area (Å²) in [7, 11) is 0. The van der Waals surface area contributed by atoms with Crippen molar-refractivity contribution in [3.63, 3.8) is 0 Å². The molecule has 0 spiro atoms. The quantitative estimate of drug-likeness (QED) is 0.217. The van der Waals surface area contributed by atoms with Gasteiger partial charge in [-0.3, -0.25) is 4.79 Å². The van der Waals surface area contributed by atoms with Gasteiger partial charge in [-0.05, 0) is 60.7 Å². The summed E-state index contributed by atoms with van der Waals surface area (Å²) >= 11 is 1.43. The van der Waals surface area contributed by atoms with Crippen LogP contribution in [0.4, 0.5) is 10.3 Å². The molecular weight excluding hydrogens is 437 g/mol. The van der Waals surface area contributed by atoms with Crippen molar-refractivity contribution in [1.29, 1.82) is 0 Å². The zero-order valence-electron chi connectivity index (χ0n) is 18.2. The summed E-state index contributed by atoms with van der Waals surface area (Å²) in [5.74, 6) is -0.325. The van der Waals surface area contributed by atoms with Gasteiger partial charge in [0.1, 0.15) is 23.2 Å². The molecule has 0 saturated carbocycles. The molecule has 0 amide bonds. The Morgan fingerprint density at radius 3 is 2.55 bits per heavy atom. The minimum atomic E-state index is -0.554. The minimum Gasteiger partial charge on any atom is -0.488 e. The Morgan fingerprint density at radius 1 is 1.03 bits per heavy atom. The van der Waals surface area contributed by atoms with E-state index in [-0.39, 0.29) is 11.5 Å². The first-order valence-corrected chi connectivity index (χ1v) is 11.5. The van der Waals surface area contributed by atoms with Crippen LogP contribution in [0.15, 0.2) is 77.8 Å². The Kier molecular flexibility index (Phi) is 6.70. The first kappa shape index (κ1) is 22.5. The number of aromatic nitrogens is 2. The monoisotopic (exact) mass is 459 g/mol. The van der Waals surface area contributed by atoms with Crippen LogP contribution in [0.1, 0.15) is 27.0 Å². The largest absolute Gasteiger partial charge is 0.488 e. The summed E-state index contributed by atoms with van der Waals surface area (Å²) < 4.78 is 20.5. The molecule has 0 aliphatic rings. The molecule has 0 unspecified atom stereocenters. The van der Waals surface area contributed by atoms with Crippen molar-refractivity contribution in [2.45, 2.75) is 18.6 Å². The first-order chi connectivity index (χ1) is 15.9. The maximum Gasteiger partial charge on any atom is 0.221 e. The molecule has 0 aliphatic heterocycles. The van der Waals surface area contributed by atoms with Gasteiger partial charge in [-0.1, -0.05) is 36.4 Å². The van der Waals surface area contributed by atoms with E-state index in [4.69, 9.17) is 10.5 Å². The summed E-state index contributed by atoms with van der Waals surface area (Å²) in [6, 6.07) is 21.1. The van der Waals surface area contributed by atoms with Crippen molar-refractivity contribution in [2.75, 3.05) is 12.0 Å². The van der Waals surface area contributed by atoms with Crippen LogP contribution in [0.5, 0.6) is 5.75 Å². The van der Waals surface area contributed by atoms with Gasteiger partial charge in [0.05, 0.1) is 11.3 Å². The zero-order chi connectivity index (χ0) is 23.4. The summed E-state index contributed by atoms with van der Waals surface area (Å²) in [4.78, 5) is 21.7. The van der Waals surface area contributed by atoms with E-state index in [1.165, 1.54) is 23.9 Å². The van der Waals surface area contributed by atoms with E-state index in [2.05, 4.69) is 9.97 Å². The molecule has 33 heavy (non-hydrogen) atoms. The number of anilines is 1. The third-order valence-electron chi connectivity index (χ3n) is 5.05. The molecule has 0 saturated heterocycles. The highest BCUT2D eigenvalue weighted by Crippen LogP contribution is 2.33. The topological polar surface area (TPSA) is 78.1 Å². The molecular formula is C26H22FN3O2S. The predicted octanol–water partition coefficient (Wildman–Crippen LogP) is 5.71. The van der Waals surface area contributed by atoms with E-state index in [1.807, 2.05) is 36.6 Å². The highest BCUT2D eigenvalue weighted by Gasteiger charge is 2.18. The Hall–Kier alpha value is -3.71. The summed E-state index contributed by atoms with van der Waals surface area (Å²) in [6.07, 6.45) is 1.89. The molecule has 7 heteroatoms. The van der Waals surface area contributed by atoms with E-state index in [1.54, 1.807) is 37.3 Å². The molecule has 0 bridgehead atoms. The SMILES string of the molecule is CSc1cc(-c2cc(C(=O)c3ccc(C)cc3F)ccc2OCc2ccccc2)nc(N)n1. The van der Waals surface area contributed by atoms with Crippen LogP contribution in [-0.4, -0.2) is 22.0 Å². The van der Waals surface area contributed by atoms with E-state index < -0.39 is 11.6 Å². The Labute approximate surface area is 195 Å². The van der Waals surface area contributed by atoms with E-state index in [0.717, 1.165) is 11.1 Å². The molecule has 1 aromatic heterocycles. The van der Waals surface area contributed by atoms with Gasteiger partial charge >= 0.3 is 0 Å². The molecule has 166 valence electrons. The number of hydrogen-bond donors (Lipinski definition) is 1. The molecule has 4 rings (SSSR count). The summed E-state index contributed by atoms with van der Waals surface area (Å²) in [5.41, 5.74) is 9.09. The number of nitrogen functional groups attached to an aromatic ring is 1. The second-order valence-electron chi connectivity index (χ2n) is 7.45. The number of benzene rings is 3. The Bertz CT molecular complexity index is 1310. The molecule has 4 aromatic rings. The number of thioether (sulfide) groups is 1. The first-order valence-electron chi connectivity index (χ1n) is 10.2. The van der Waals surface area contributed by atoms with Crippen molar-refractivity contribution < 1.29 is 13.9 Å². The van der Waals surface area contributed by atoms with E-state index in [9.17, 15) is 9.18 Å². The fourth-order valence-electron chi connectivity index (χ4n) is 3.38. The van der Waals surface area contributed by atoms with Crippen LogP contribution < -0.4 is 10.5 Å². The normalized spacial score (nSPS) is 10.8. The third kappa shape index (κ3) is 5.21. The van der Waals surface area contributed by atoms with Gasteiger partial charge in [0.15, 0.2) is 5.78 Å². The van der Waals surface area contributed by atoms with Gasteiger partial charge in [0.2, 0.25) is 5.95 Å². The molecule has 1 heterocycles. The van der Waals surface area contributed by atoms with Gasteiger partial charge in [-0.2, -0.15) is 0 Å². The van der Waals surface area contributed by atoms with Crippen LogP contribution in [0.2, 0.25) is 0 Å². The van der Waals surface area contributed by atoms with Gasteiger partial charge < -0.3 is 10.5 Å². The predicted molar refractivity (Wildman–Crippen MR) is 129 cm³/mol. The number of nitrogens with two attached hydrogens (primary N) is 1. The molecule has 5 nitrogen and oxygen atoms in total. The van der Waals surface area contributed by atoms with Gasteiger partial charge in [0.25, 0.3) is 0 Å².